The Morgan fingerprint density at radius 2 is 2.43 bits per heavy atom. The number of rotatable bonds is 2. The molecule has 1 aliphatic heterocycles. The van der Waals surface area contributed by atoms with E-state index in [4.69, 9.17) is 4.74 Å². The van der Waals surface area contributed by atoms with Crippen molar-refractivity contribution in [3.05, 3.63) is 36.1 Å². The highest BCUT2D eigenvalue weighted by Gasteiger charge is 2.17. The lowest BCUT2D eigenvalue weighted by molar-refractivity contribution is 0.0894. The van der Waals surface area contributed by atoms with Crippen LogP contribution in [0.1, 0.15) is 24.6 Å². The standard InChI is InChI=1S/C10H12N2O2/c13-10(8-4-5-11-7-12-8)9-3-1-2-6-14-9/h3-5,7,10,13H,1-2,6H2. The van der Waals surface area contributed by atoms with Gasteiger partial charge >= 0.3 is 0 Å². The third-order valence-electron chi connectivity index (χ3n) is 2.12. The van der Waals surface area contributed by atoms with Crippen LogP contribution in [0.5, 0.6) is 0 Å². The van der Waals surface area contributed by atoms with Crippen LogP contribution in [0.15, 0.2) is 30.4 Å². The zero-order valence-corrected chi connectivity index (χ0v) is 7.76. The first-order chi connectivity index (χ1) is 6.88. The number of nitrogens with zero attached hydrogens (tertiary/aromatic N) is 2. The molecule has 1 aliphatic rings. The minimum Gasteiger partial charge on any atom is -0.495 e. The average Bonchev–Trinajstić information content (AvgIpc) is 2.30. The SMILES string of the molecule is OC(C1=CCCCO1)c1ccncn1. The van der Waals surface area contributed by atoms with E-state index in [1.165, 1.54) is 6.33 Å². The Morgan fingerprint density at radius 3 is 3.07 bits per heavy atom. The maximum absolute atomic E-state index is 9.86. The highest BCUT2D eigenvalue weighted by molar-refractivity contribution is 5.14. The van der Waals surface area contributed by atoms with Crippen LogP contribution in [-0.2, 0) is 4.74 Å². The second-order valence-corrected chi connectivity index (χ2v) is 3.13. The minimum atomic E-state index is -0.752. The fourth-order valence-electron chi connectivity index (χ4n) is 1.38. The van der Waals surface area contributed by atoms with Gasteiger partial charge in [-0.15, -0.1) is 0 Å². The molecule has 14 heavy (non-hydrogen) atoms. The fraction of sp³-hybridized carbons (Fsp3) is 0.400. The number of aliphatic hydroxyl groups is 1. The van der Waals surface area contributed by atoms with Crippen LogP contribution in [0.25, 0.3) is 0 Å². The molecule has 0 fully saturated rings. The van der Waals surface area contributed by atoms with Gasteiger partial charge in [-0.25, -0.2) is 9.97 Å². The van der Waals surface area contributed by atoms with Crippen molar-refractivity contribution in [2.45, 2.75) is 18.9 Å². The highest BCUT2D eigenvalue weighted by atomic mass is 16.5. The van der Waals surface area contributed by atoms with E-state index in [1.54, 1.807) is 12.3 Å². The number of aromatic nitrogens is 2. The first-order valence-corrected chi connectivity index (χ1v) is 4.65. The van der Waals surface area contributed by atoms with Crippen LogP contribution in [-0.4, -0.2) is 21.7 Å². The van der Waals surface area contributed by atoms with E-state index >= 15 is 0 Å². The molecule has 74 valence electrons. The number of aliphatic hydroxyl groups excluding tert-OH is 1. The van der Waals surface area contributed by atoms with Crippen molar-refractivity contribution in [2.24, 2.45) is 0 Å². The molecule has 0 radical (unpaired) electrons. The Labute approximate surface area is 82.3 Å². The van der Waals surface area contributed by atoms with Crippen molar-refractivity contribution in [1.82, 2.24) is 9.97 Å². The normalized spacial score (nSPS) is 18.2. The molecule has 0 spiro atoms. The van der Waals surface area contributed by atoms with E-state index in [0.29, 0.717) is 18.1 Å². The van der Waals surface area contributed by atoms with E-state index in [2.05, 4.69) is 9.97 Å². The number of ether oxygens (including phenoxy) is 1. The lowest BCUT2D eigenvalue weighted by Gasteiger charge is -2.19. The molecule has 1 aromatic rings. The fourth-order valence-corrected chi connectivity index (χ4v) is 1.38. The minimum absolute atomic E-state index is 0.577. The van der Waals surface area contributed by atoms with Crippen LogP contribution >= 0.6 is 0 Å². The molecule has 0 bridgehead atoms. The lowest BCUT2D eigenvalue weighted by atomic mass is 10.1. The van der Waals surface area contributed by atoms with E-state index in [0.717, 1.165) is 12.8 Å². The van der Waals surface area contributed by atoms with Gasteiger partial charge in [0.2, 0.25) is 0 Å². The van der Waals surface area contributed by atoms with Crippen LogP contribution in [0.2, 0.25) is 0 Å². The number of allylic oxidation sites excluding steroid dienone is 1. The van der Waals surface area contributed by atoms with E-state index in [9.17, 15) is 5.11 Å². The number of hydrogen-bond donors (Lipinski definition) is 1. The molecule has 0 aromatic carbocycles. The summed E-state index contributed by atoms with van der Waals surface area (Å²) in [5, 5.41) is 9.86. The predicted octanol–water partition coefficient (Wildman–Crippen LogP) is 1.20. The molecule has 1 N–H and O–H groups in total. The van der Waals surface area contributed by atoms with E-state index in [1.807, 2.05) is 6.08 Å². The maximum atomic E-state index is 9.86. The maximum Gasteiger partial charge on any atom is 0.153 e. The van der Waals surface area contributed by atoms with Gasteiger partial charge in [-0.2, -0.15) is 0 Å². The summed E-state index contributed by atoms with van der Waals surface area (Å²) < 4.78 is 5.34. The molecular formula is C10H12N2O2. The predicted molar refractivity (Wildman–Crippen MR) is 50.3 cm³/mol. The van der Waals surface area contributed by atoms with Gasteiger partial charge in [0.05, 0.1) is 12.3 Å². The summed E-state index contributed by atoms with van der Waals surface area (Å²) in [5.74, 6) is 0.606. The van der Waals surface area contributed by atoms with Gasteiger partial charge in [-0.1, -0.05) is 0 Å². The zero-order valence-electron chi connectivity index (χ0n) is 7.76. The van der Waals surface area contributed by atoms with Crippen LogP contribution in [0.4, 0.5) is 0 Å². The quantitative estimate of drug-likeness (QED) is 0.765. The molecule has 4 nitrogen and oxygen atoms in total. The third-order valence-corrected chi connectivity index (χ3v) is 2.12. The second kappa shape index (κ2) is 4.19. The number of hydrogen-bond acceptors (Lipinski definition) is 4. The molecule has 0 aliphatic carbocycles. The average molecular weight is 192 g/mol. The molecule has 0 saturated heterocycles. The molecule has 2 rings (SSSR count). The van der Waals surface area contributed by atoms with Crippen molar-refractivity contribution in [1.29, 1.82) is 0 Å². The summed E-state index contributed by atoms with van der Waals surface area (Å²) in [6.07, 6.45) is 6.16. The van der Waals surface area contributed by atoms with Crippen molar-refractivity contribution >= 4 is 0 Å². The van der Waals surface area contributed by atoms with Gasteiger partial charge in [-0.05, 0) is 25.0 Å². The summed E-state index contributed by atoms with van der Waals surface area (Å²) in [7, 11) is 0. The monoisotopic (exact) mass is 192 g/mol. The van der Waals surface area contributed by atoms with Gasteiger partial charge in [0.1, 0.15) is 12.1 Å². The highest BCUT2D eigenvalue weighted by Crippen LogP contribution is 2.23. The van der Waals surface area contributed by atoms with Crippen LogP contribution < -0.4 is 0 Å². The second-order valence-electron chi connectivity index (χ2n) is 3.13. The molecule has 4 heteroatoms. The first-order valence-electron chi connectivity index (χ1n) is 4.65. The summed E-state index contributed by atoms with van der Waals surface area (Å²) in [6.45, 7) is 0.675. The summed E-state index contributed by atoms with van der Waals surface area (Å²) in [6, 6.07) is 1.68. The third kappa shape index (κ3) is 1.90. The zero-order chi connectivity index (χ0) is 9.80. The smallest absolute Gasteiger partial charge is 0.153 e. The topological polar surface area (TPSA) is 55.2 Å². The Hall–Kier alpha value is -1.42. The van der Waals surface area contributed by atoms with Crippen molar-refractivity contribution in [2.75, 3.05) is 6.61 Å². The Kier molecular flexibility index (Phi) is 2.74. The van der Waals surface area contributed by atoms with Gasteiger partial charge in [0, 0.05) is 6.20 Å². The van der Waals surface area contributed by atoms with Crippen LogP contribution in [0, 0.1) is 0 Å². The van der Waals surface area contributed by atoms with Crippen molar-refractivity contribution in [3.8, 4) is 0 Å². The van der Waals surface area contributed by atoms with Gasteiger partial charge in [0.15, 0.2) is 6.10 Å². The van der Waals surface area contributed by atoms with E-state index in [-0.39, 0.29) is 0 Å². The largest absolute Gasteiger partial charge is 0.495 e. The van der Waals surface area contributed by atoms with E-state index < -0.39 is 6.10 Å². The molecule has 2 heterocycles. The summed E-state index contributed by atoms with van der Waals surface area (Å²) >= 11 is 0. The molecule has 1 aromatic heterocycles. The Balaban J connectivity index is 2.15. The Morgan fingerprint density at radius 1 is 1.50 bits per heavy atom. The molecule has 1 unspecified atom stereocenters. The lowest BCUT2D eigenvalue weighted by Crippen LogP contribution is -2.10. The van der Waals surface area contributed by atoms with Gasteiger partial charge in [0.25, 0.3) is 0 Å². The molecule has 1 atom stereocenters. The van der Waals surface area contributed by atoms with Gasteiger partial charge < -0.3 is 9.84 Å². The molecular weight excluding hydrogens is 180 g/mol. The molecule has 0 amide bonds. The van der Waals surface area contributed by atoms with Crippen LogP contribution in [0.3, 0.4) is 0 Å². The van der Waals surface area contributed by atoms with Crippen molar-refractivity contribution < 1.29 is 9.84 Å². The Bertz CT molecular complexity index is 324. The summed E-state index contributed by atoms with van der Waals surface area (Å²) in [4.78, 5) is 7.76. The van der Waals surface area contributed by atoms with Crippen molar-refractivity contribution in [3.63, 3.8) is 0 Å². The first kappa shape index (κ1) is 9.15. The van der Waals surface area contributed by atoms with Gasteiger partial charge in [-0.3, -0.25) is 0 Å². The summed E-state index contributed by atoms with van der Waals surface area (Å²) in [5.41, 5.74) is 0.577. The molecule has 0 saturated carbocycles.